The van der Waals surface area contributed by atoms with E-state index in [2.05, 4.69) is 51.2 Å². The van der Waals surface area contributed by atoms with Gasteiger partial charge in [0.15, 0.2) is 0 Å². The third kappa shape index (κ3) is 6.93. The molecular weight excluding hydrogens is 430 g/mol. The molecule has 1 aliphatic carbocycles. The van der Waals surface area contributed by atoms with Crippen LogP contribution in [0.3, 0.4) is 0 Å². The van der Waals surface area contributed by atoms with Crippen molar-refractivity contribution < 1.29 is 5.11 Å². The lowest BCUT2D eigenvalue weighted by Crippen LogP contribution is -2.46. The first-order chi connectivity index (χ1) is 17.2. The van der Waals surface area contributed by atoms with Crippen molar-refractivity contribution in [2.24, 2.45) is 11.8 Å². The van der Waals surface area contributed by atoms with Gasteiger partial charge in [0.25, 0.3) is 0 Å². The number of aromatic nitrogens is 1. The SMILES string of the molecule is OC1(CCCc2cccnc2)CCN(C[C@H]2CN(CC3CCCCC3)C[C@@H]2c2ccccc2)CC1. The van der Waals surface area contributed by atoms with Crippen LogP contribution in [0.15, 0.2) is 54.9 Å². The van der Waals surface area contributed by atoms with Crippen molar-refractivity contribution >= 4 is 0 Å². The van der Waals surface area contributed by atoms with Gasteiger partial charge < -0.3 is 14.9 Å². The average Bonchev–Trinajstić information content (AvgIpc) is 3.29. The molecule has 1 aromatic carbocycles. The quantitative estimate of drug-likeness (QED) is 0.518. The molecule has 0 spiro atoms. The summed E-state index contributed by atoms with van der Waals surface area (Å²) >= 11 is 0. The second-order valence-corrected chi connectivity index (χ2v) is 11.7. The summed E-state index contributed by atoms with van der Waals surface area (Å²) in [4.78, 5) is 9.66. The zero-order valence-corrected chi connectivity index (χ0v) is 21.5. The van der Waals surface area contributed by atoms with Crippen molar-refractivity contribution in [2.45, 2.75) is 75.7 Å². The normalized spacial score (nSPS) is 26.2. The van der Waals surface area contributed by atoms with Crippen molar-refractivity contribution in [3.05, 3.63) is 66.0 Å². The van der Waals surface area contributed by atoms with Gasteiger partial charge in [0.1, 0.15) is 0 Å². The van der Waals surface area contributed by atoms with Crippen molar-refractivity contribution in [2.75, 3.05) is 39.3 Å². The summed E-state index contributed by atoms with van der Waals surface area (Å²) < 4.78 is 0. The van der Waals surface area contributed by atoms with Crippen LogP contribution in [0.2, 0.25) is 0 Å². The van der Waals surface area contributed by atoms with Crippen LogP contribution in [0.5, 0.6) is 0 Å². The van der Waals surface area contributed by atoms with E-state index in [1.165, 1.54) is 69.4 Å². The Morgan fingerprint density at radius 2 is 1.69 bits per heavy atom. The molecule has 2 aromatic rings. The summed E-state index contributed by atoms with van der Waals surface area (Å²) in [5.74, 6) is 2.24. The zero-order valence-electron chi connectivity index (χ0n) is 21.5. The van der Waals surface area contributed by atoms with Crippen LogP contribution in [-0.4, -0.2) is 64.8 Å². The maximum absolute atomic E-state index is 11.2. The summed E-state index contributed by atoms with van der Waals surface area (Å²) in [5.41, 5.74) is 2.31. The van der Waals surface area contributed by atoms with Gasteiger partial charge in [0.2, 0.25) is 0 Å². The lowest BCUT2D eigenvalue weighted by molar-refractivity contribution is -0.0316. The Bertz CT molecular complexity index is 875. The van der Waals surface area contributed by atoms with Crippen LogP contribution >= 0.6 is 0 Å². The third-order valence-corrected chi connectivity index (χ3v) is 9.10. The maximum Gasteiger partial charge on any atom is 0.0672 e. The van der Waals surface area contributed by atoms with Crippen molar-refractivity contribution in [1.82, 2.24) is 14.8 Å². The summed E-state index contributed by atoms with van der Waals surface area (Å²) in [7, 11) is 0. The van der Waals surface area contributed by atoms with E-state index < -0.39 is 5.60 Å². The number of hydrogen-bond acceptors (Lipinski definition) is 4. The number of nitrogens with zero attached hydrogens (tertiary/aromatic N) is 3. The minimum absolute atomic E-state index is 0.486. The van der Waals surface area contributed by atoms with Crippen molar-refractivity contribution in [3.8, 4) is 0 Å². The minimum Gasteiger partial charge on any atom is -0.390 e. The highest BCUT2D eigenvalue weighted by atomic mass is 16.3. The van der Waals surface area contributed by atoms with Crippen LogP contribution in [0.25, 0.3) is 0 Å². The number of aryl methyl sites for hydroxylation is 1. The molecule has 1 saturated carbocycles. The van der Waals surface area contributed by atoms with Crippen molar-refractivity contribution in [3.63, 3.8) is 0 Å². The summed E-state index contributed by atoms with van der Waals surface area (Å²) in [6.45, 7) is 7.00. The molecule has 4 heteroatoms. The summed E-state index contributed by atoms with van der Waals surface area (Å²) in [6, 6.07) is 15.4. The molecule has 1 aromatic heterocycles. The lowest BCUT2D eigenvalue weighted by atomic mass is 9.84. The van der Waals surface area contributed by atoms with Gasteiger partial charge in [-0.25, -0.2) is 0 Å². The monoisotopic (exact) mass is 475 g/mol. The van der Waals surface area contributed by atoms with Gasteiger partial charge in [-0.3, -0.25) is 4.98 Å². The van der Waals surface area contributed by atoms with E-state index in [0.717, 1.165) is 51.1 Å². The van der Waals surface area contributed by atoms with E-state index in [1.807, 2.05) is 18.5 Å². The minimum atomic E-state index is -0.486. The van der Waals surface area contributed by atoms with Gasteiger partial charge in [-0.05, 0) is 74.0 Å². The topological polar surface area (TPSA) is 39.6 Å². The first kappa shape index (κ1) is 24.9. The molecule has 0 unspecified atom stereocenters. The first-order valence-electron chi connectivity index (χ1n) is 14.3. The Kier molecular flexibility index (Phi) is 8.54. The Balaban J connectivity index is 1.13. The van der Waals surface area contributed by atoms with E-state index in [4.69, 9.17) is 0 Å². The predicted octanol–water partition coefficient (Wildman–Crippen LogP) is 5.53. The first-order valence-corrected chi connectivity index (χ1v) is 14.3. The van der Waals surface area contributed by atoms with Crippen LogP contribution < -0.4 is 0 Å². The molecule has 2 atom stereocenters. The number of benzene rings is 1. The Morgan fingerprint density at radius 1 is 0.886 bits per heavy atom. The van der Waals surface area contributed by atoms with E-state index in [-0.39, 0.29) is 0 Å². The number of hydrogen-bond donors (Lipinski definition) is 1. The van der Waals surface area contributed by atoms with Crippen LogP contribution in [0.4, 0.5) is 0 Å². The Hall–Kier alpha value is -1.75. The summed E-state index contributed by atoms with van der Waals surface area (Å²) in [5, 5.41) is 11.2. The van der Waals surface area contributed by atoms with Gasteiger partial charge in [-0.1, -0.05) is 55.7 Å². The Labute approximate surface area is 212 Å². The number of rotatable bonds is 9. The number of pyridine rings is 1. The second kappa shape index (κ2) is 12.0. The van der Waals surface area contributed by atoms with Crippen molar-refractivity contribution in [1.29, 1.82) is 0 Å². The number of likely N-dealkylation sites (tertiary alicyclic amines) is 2. The molecule has 3 aliphatic rings. The second-order valence-electron chi connectivity index (χ2n) is 11.7. The maximum atomic E-state index is 11.2. The van der Waals surface area contributed by atoms with Gasteiger partial charge in [-0.2, -0.15) is 0 Å². The highest BCUT2D eigenvalue weighted by Crippen LogP contribution is 2.36. The highest BCUT2D eigenvalue weighted by Gasteiger charge is 2.38. The number of aliphatic hydroxyl groups is 1. The van der Waals surface area contributed by atoms with Gasteiger partial charge >= 0.3 is 0 Å². The van der Waals surface area contributed by atoms with E-state index in [0.29, 0.717) is 11.8 Å². The highest BCUT2D eigenvalue weighted by molar-refractivity contribution is 5.22. The summed E-state index contributed by atoms with van der Waals surface area (Å²) in [6.07, 6.45) is 15.7. The van der Waals surface area contributed by atoms with Crippen LogP contribution in [0, 0.1) is 11.8 Å². The molecule has 2 saturated heterocycles. The van der Waals surface area contributed by atoms with Gasteiger partial charge in [0.05, 0.1) is 5.60 Å². The molecule has 190 valence electrons. The molecular formula is C31H45N3O. The van der Waals surface area contributed by atoms with E-state index in [1.54, 1.807) is 0 Å². The molecule has 4 nitrogen and oxygen atoms in total. The van der Waals surface area contributed by atoms with E-state index in [9.17, 15) is 5.11 Å². The standard InChI is InChI=1S/C31H45N3O/c35-31(15-7-11-26-12-8-18-32-21-26)16-19-33(20-17-31)23-29-24-34(22-27-9-3-1-4-10-27)25-30(29)28-13-5-2-6-14-28/h2,5-6,8,12-14,18,21,27,29-30,35H,1,3-4,7,9-11,15-17,19-20,22-25H2/t29-,30+/m0/s1. The van der Waals surface area contributed by atoms with E-state index >= 15 is 0 Å². The molecule has 0 radical (unpaired) electrons. The zero-order chi connectivity index (χ0) is 23.9. The molecule has 35 heavy (non-hydrogen) atoms. The number of piperidine rings is 1. The third-order valence-electron chi connectivity index (χ3n) is 9.10. The fourth-order valence-electron chi connectivity index (χ4n) is 7.01. The fraction of sp³-hybridized carbons (Fsp3) is 0.645. The average molecular weight is 476 g/mol. The molecule has 3 fully saturated rings. The Morgan fingerprint density at radius 3 is 2.43 bits per heavy atom. The molecule has 5 rings (SSSR count). The molecule has 3 heterocycles. The molecule has 0 amide bonds. The lowest BCUT2D eigenvalue weighted by Gasteiger charge is -2.40. The van der Waals surface area contributed by atoms with Gasteiger partial charge in [-0.15, -0.1) is 0 Å². The molecule has 1 N–H and O–H groups in total. The molecule has 0 bridgehead atoms. The van der Waals surface area contributed by atoms with Crippen LogP contribution in [0.1, 0.15) is 74.8 Å². The predicted molar refractivity (Wildman–Crippen MR) is 143 cm³/mol. The largest absolute Gasteiger partial charge is 0.390 e. The molecule has 2 aliphatic heterocycles. The van der Waals surface area contributed by atoms with Crippen LogP contribution in [-0.2, 0) is 6.42 Å². The fourth-order valence-corrected chi connectivity index (χ4v) is 7.01. The smallest absolute Gasteiger partial charge is 0.0672 e. The van der Waals surface area contributed by atoms with Gasteiger partial charge in [0, 0.05) is 57.6 Å².